The van der Waals surface area contributed by atoms with Crippen LogP contribution in [0.2, 0.25) is 0 Å². The van der Waals surface area contributed by atoms with Gasteiger partial charge in [0.1, 0.15) is 23.9 Å². The molecular weight excluding hydrogens is 432 g/mol. The van der Waals surface area contributed by atoms with E-state index in [2.05, 4.69) is 6.58 Å². The predicted octanol–water partition coefficient (Wildman–Crippen LogP) is 4.02. The largest absolute Gasteiger partial charge is 0.507 e. The number of rotatable bonds is 11. The Morgan fingerprint density at radius 3 is 2.47 bits per heavy atom. The first-order valence-corrected chi connectivity index (χ1v) is 11.4. The Labute approximate surface area is 200 Å². The van der Waals surface area contributed by atoms with Crippen molar-refractivity contribution in [2.24, 2.45) is 0 Å². The monoisotopic (exact) mass is 464 g/mol. The van der Waals surface area contributed by atoms with Gasteiger partial charge in [-0.1, -0.05) is 30.9 Å². The molecule has 0 radical (unpaired) electrons. The molecule has 1 atom stereocenters. The number of amides is 1. The fourth-order valence-electron chi connectivity index (χ4n) is 4.00. The minimum absolute atomic E-state index is 0.0572. The normalized spacial score (nSPS) is 17.3. The first-order valence-electron chi connectivity index (χ1n) is 11.4. The zero-order valence-corrected chi connectivity index (χ0v) is 20.0. The molecule has 0 aliphatic carbocycles. The summed E-state index contributed by atoms with van der Waals surface area (Å²) in [6.45, 7) is 7.43. The smallest absolute Gasteiger partial charge is 0.295 e. The number of ether oxygens (including phenoxy) is 2. The van der Waals surface area contributed by atoms with Gasteiger partial charge in [-0.2, -0.15) is 0 Å². The molecule has 1 aliphatic rings. The summed E-state index contributed by atoms with van der Waals surface area (Å²) >= 11 is 0. The maximum Gasteiger partial charge on any atom is 0.295 e. The van der Waals surface area contributed by atoms with E-state index in [1.807, 2.05) is 50.2 Å². The highest BCUT2D eigenvalue weighted by molar-refractivity contribution is 6.46. The fourth-order valence-corrected chi connectivity index (χ4v) is 4.00. The Hall–Kier alpha value is -3.58. The van der Waals surface area contributed by atoms with Crippen LogP contribution in [0.1, 0.15) is 30.5 Å². The van der Waals surface area contributed by atoms with E-state index in [1.165, 1.54) is 4.90 Å². The summed E-state index contributed by atoms with van der Waals surface area (Å²) in [6, 6.07) is 13.3. The first-order chi connectivity index (χ1) is 16.4. The van der Waals surface area contributed by atoms with Gasteiger partial charge in [0.15, 0.2) is 0 Å². The maximum atomic E-state index is 13.2. The van der Waals surface area contributed by atoms with Gasteiger partial charge in [0.2, 0.25) is 0 Å². The van der Waals surface area contributed by atoms with E-state index in [4.69, 9.17) is 9.47 Å². The number of para-hydroxylation sites is 1. The Bertz CT molecular complexity index is 1060. The van der Waals surface area contributed by atoms with Gasteiger partial charge in [0.05, 0.1) is 18.2 Å². The van der Waals surface area contributed by atoms with Crippen molar-refractivity contribution >= 4 is 17.4 Å². The van der Waals surface area contributed by atoms with Gasteiger partial charge >= 0.3 is 0 Å². The highest BCUT2D eigenvalue weighted by atomic mass is 16.5. The third-order valence-electron chi connectivity index (χ3n) is 5.55. The zero-order chi connectivity index (χ0) is 24.7. The van der Waals surface area contributed by atoms with Crippen LogP contribution < -0.4 is 9.47 Å². The second kappa shape index (κ2) is 11.5. The number of carbonyl (C=O) groups excluding carboxylic acids is 2. The quantitative estimate of drug-likeness (QED) is 0.234. The second-order valence-corrected chi connectivity index (χ2v) is 8.24. The van der Waals surface area contributed by atoms with Crippen molar-refractivity contribution in [2.75, 3.05) is 40.4 Å². The van der Waals surface area contributed by atoms with Crippen LogP contribution in [0.4, 0.5) is 0 Å². The van der Waals surface area contributed by atoms with Gasteiger partial charge in [-0.3, -0.25) is 9.59 Å². The second-order valence-electron chi connectivity index (χ2n) is 8.24. The minimum atomic E-state index is -0.749. The number of hydrogen-bond donors (Lipinski definition) is 1. The highest BCUT2D eigenvalue weighted by Gasteiger charge is 2.46. The summed E-state index contributed by atoms with van der Waals surface area (Å²) in [6.07, 6.45) is 2.32. The topological polar surface area (TPSA) is 79.3 Å². The number of nitrogens with zero attached hydrogens (tertiary/aromatic N) is 2. The molecule has 0 aromatic heterocycles. The van der Waals surface area contributed by atoms with E-state index in [0.29, 0.717) is 48.8 Å². The van der Waals surface area contributed by atoms with Gasteiger partial charge < -0.3 is 24.4 Å². The molecule has 1 saturated heterocycles. The Morgan fingerprint density at radius 1 is 1.12 bits per heavy atom. The third kappa shape index (κ3) is 5.48. The van der Waals surface area contributed by atoms with Crippen LogP contribution >= 0.6 is 0 Å². The number of aliphatic hydroxyl groups is 1. The van der Waals surface area contributed by atoms with Crippen LogP contribution in [0.5, 0.6) is 11.5 Å². The number of ketones is 1. The number of Topliss-reactive ketones (excluding diaryl/α,β-unsaturated/α-hetero) is 1. The molecule has 180 valence electrons. The summed E-state index contributed by atoms with van der Waals surface area (Å²) in [5, 5.41) is 11.2. The number of carbonyl (C=O) groups is 2. The summed E-state index contributed by atoms with van der Waals surface area (Å²) in [5.41, 5.74) is 1.15. The zero-order valence-electron chi connectivity index (χ0n) is 20.0. The number of aliphatic hydroxyl groups excluding tert-OH is 1. The fraction of sp³-hybridized carbons (Fsp3) is 0.333. The van der Waals surface area contributed by atoms with Crippen molar-refractivity contribution in [1.29, 1.82) is 0 Å². The molecule has 7 heteroatoms. The molecule has 1 fully saturated rings. The molecule has 1 aliphatic heterocycles. The van der Waals surface area contributed by atoms with Crippen molar-refractivity contribution in [1.82, 2.24) is 9.80 Å². The van der Waals surface area contributed by atoms with Gasteiger partial charge in [-0.15, -0.1) is 0 Å². The molecule has 7 nitrogen and oxygen atoms in total. The van der Waals surface area contributed by atoms with E-state index in [0.717, 1.165) is 6.54 Å². The van der Waals surface area contributed by atoms with Crippen LogP contribution in [-0.4, -0.2) is 67.0 Å². The lowest BCUT2D eigenvalue weighted by molar-refractivity contribution is -0.140. The molecule has 2 aromatic carbocycles. The summed E-state index contributed by atoms with van der Waals surface area (Å²) in [7, 11) is 3.91. The summed E-state index contributed by atoms with van der Waals surface area (Å²) in [5.74, 6) is -0.361. The van der Waals surface area contributed by atoms with E-state index in [1.54, 1.807) is 30.3 Å². The molecule has 1 amide bonds. The van der Waals surface area contributed by atoms with E-state index in [-0.39, 0.29) is 11.3 Å². The molecule has 1 heterocycles. The molecule has 1 unspecified atom stereocenters. The molecule has 3 rings (SSSR count). The molecule has 1 N–H and O–H groups in total. The van der Waals surface area contributed by atoms with Crippen molar-refractivity contribution in [3.8, 4) is 11.5 Å². The lowest BCUT2D eigenvalue weighted by Gasteiger charge is -2.27. The highest BCUT2D eigenvalue weighted by Crippen LogP contribution is 2.42. The number of benzene rings is 2. The number of likely N-dealkylation sites (tertiary alicyclic amines) is 1. The van der Waals surface area contributed by atoms with Crippen LogP contribution in [-0.2, 0) is 9.59 Å². The molecule has 0 bridgehead atoms. The van der Waals surface area contributed by atoms with Crippen LogP contribution in [0.3, 0.4) is 0 Å². The van der Waals surface area contributed by atoms with Gasteiger partial charge in [-0.25, -0.2) is 0 Å². The van der Waals surface area contributed by atoms with Gasteiger partial charge in [-0.05, 0) is 64.3 Å². The van der Waals surface area contributed by atoms with E-state index >= 15 is 0 Å². The van der Waals surface area contributed by atoms with E-state index < -0.39 is 17.7 Å². The van der Waals surface area contributed by atoms with Crippen molar-refractivity contribution in [3.63, 3.8) is 0 Å². The van der Waals surface area contributed by atoms with Crippen molar-refractivity contribution in [3.05, 3.63) is 77.9 Å². The Morgan fingerprint density at radius 2 is 1.82 bits per heavy atom. The molecule has 0 saturated carbocycles. The molecular formula is C27H32N2O5. The van der Waals surface area contributed by atoms with E-state index in [9.17, 15) is 14.7 Å². The SMILES string of the molecule is C=CCOc1ccc(/C(O)=C2\C(=O)C(=O)N(CCCN(C)C)C2c2ccccc2OCC)cc1. The maximum absolute atomic E-state index is 13.2. The molecule has 34 heavy (non-hydrogen) atoms. The Balaban J connectivity index is 2.08. The molecule has 0 spiro atoms. The van der Waals surface area contributed by atoms with Crippen molar-refractivity contribution < 1.29 is 24.2 Å². The lowest BCUT2D eigenvalue weighted by Crippen LogP contribution is -2.32. The first kappa shape index (κ1) is 25.1. The predicted molar refractivity (Wildman–Crippen MR) is 132 cm³/mol. The third-order valence-corrected chi connectivity index (χ3v) is 5.55. The van der Waals surface area contributed by atoms with Gasteiger partial charge in [0.25, 0.3) is 11.7 Å². The lowest BCUT2D eigenvalue weighted by atomic mass is 9.94. The summed E-state index contributed by atoms with van der Waals surface area (Å²) < 4.78 is 11.3. The minimum Gasteiger partial charge on any atom is -0.507 e. The van der Waals surface area contributed by atoms with Crippen LogP contribution in [0.25, 0.3) is 5.76 Å². The number of hydrogen-bond acceptors (Lipinski definition) is 6. The standard InChI is InChI=1S/C27H32N2O5/c1-5-18-34-20-14-12-19(13-15-20)25(30)23-24(21-10-7-8-11-22(21)33-6-2)29(27(32)26(23)31)17-9-16-28(3)4/h5,7-8,10-15,24,30H,1,6,9,16-18H2,2-4H3/b25-23+. The average molecular weight is 465 g/mol. The molecule has 2 aromatic rings. The Kier molecular flexibility index (Phi) is 8.49. The average Bonchev–Trinajstić information content (AvgIpc) is 3.08. The van der Waals surface area contributed by atoms with Crippen LogP contribution in [0.15, 0.2) is 66.8 Å². The van der Waals surface area contributed by atoms with Crippen LogP contribution in [0, 0.1) is 0 Å². The van der Waals surface area contributed by atoms with Crippen molar-refractivity contribution in [2.45, 2.75) is 19.4 Å². The van der Waals surface area contributed by atoms with Gasteiger partial charge in [0, 0.05) is 17.7 Å². The summed E-state index contributed by atoms with van der Waals surface area (Å²) in [4.78, 5) is 29.9.